The first-order valence-corrected chi connectivity index (χ1v) is 6.92. The lowest BCUT2D eigenvalue weighted by Crippen LogP contribution is -2.29. The second kappa shape index (κ2) is 5.47. The molecule has 0 amide bonds. The van der Waals surface area contributed by atoms with E-state index in [0.29, 0.717) is 18.4 Å². The zero-order valence-electron chi connectivity index (χ0n) is 11.9. The summed E-state index contributed by atoms with van der Waals surface area (Å²) in [4.78, 5) is 20.8. The maximum Gasteiger partial charge on any atom is 0.295 e. The Kier molecular flexibility index (Phi) is 3.51. The number of aromatic nitrogens is 2. The lowest BCUT2D eigenvalue weighted by molar-refractivity contribution is 0.405. The van der Waals surface area contributed by atoms with Crippen LogP contribution in [0.1, 0.15) is 18.4 Å². The van der Waals surface area contributed by atoms with Gasteiger partial charge in [0.1, 0.15) is 0 Å². The van der Waals surface area contributed by atoms with Gasteiger partial charge < -0.3 is 20.4 Å². The van der Waals surface area contributed by atoms with E-state index in [1.165, 1.54) is 13.4 Å². The predicted octanol–water partition coefficient (Wildman–Crippen LogP) is 1.53. The Hall–Kier alpha value is -2.50. The molecule has 1 heterocycles. The van der Waals surface area contributed by atoms with Gasteiger partial charge >= 0.3 is 0 Å². The molecule has 3 N–H and O–H groups in total. The summed E-state index contributed by atoms with van der Waals surface area (Å²) < 4.78 is 5.22. The van der Waals surface area contributed by atoms with Gasteiger partial charge in [0.2, 0.25) is 5.75 Å². The zero-order valence-corrected chi connectivity index (χ0v) is 11.9. The second-order valence-corrected chi connectivity index (χ2v) is 5.15. The largest absolute Gasteiger partial charge is 0.489 e. The molecule has 110 valence electrons. The number of ether oxygens (including phenoxy) is 1. The van der Waals surface area contributed by atoms with Crippen molar-refractivity contribution in [2.45, 2.75) is 25.4 Å². The van der Waals surface area contributed by atoms with Crippen LogP contribution >= 0.6 is 0 Å². The Morgan fingerprint density at radius 1 is 1.43 bits per heavy atom. The fraction of sp³-hybridized carbons (Fsp3) is 0.333. The Balaban J connectivity index is 1.98. The maximum atomic E-state index is 11.9. The second-order valence-electron chi connectivity index (χ2n) is 5.15. The number of nitrogen functional groups attached to an aromatic ring is 1. The van der Waals surface area contributed by atoms with Crippen LogP contribution in [0.15, 0.2) is 35.4 Å². The molecule has 0 unspecified atom stereocenters. The van der Waals surface area contributed by atoms with Crippen molar-refractivity contribution >= 4 is 11.5 Å². The van der Waals surface area contributed by atoms with Crippen LogP contribution in [0.3, 0.4) is 0 Å². The third kappa shape index (κ3) is 2.69. The van der Waals surface area contributed by atoms with Crippen molar-refractivity contribution in [3.05, 3.63) is 46.5 Å². The SMILES string of the molecule is COc1c(N(Cc2ccccc2N)C2CC2)nc[nH]c1=O. The molecule has 1 aromatic carbocycles. The van der Waals surface area contributed by atoms with Crippen molar-refractivity contribution < 1.29 is 4.74 Å². The van der Waals surface area contributed by atoms with Crippen molar-refractivity contribution in [1.29, 1.82) is 0 Å². The number of rotatable bonds is 5. The summed E-state index contributed by atoms with van der Waals surface area (Å²) in [5.41, 5.74) is 7.52. The maximum absolute atomic E-state index is 11.9. The van der Waals surface area contributed by atoms with E-state index in [-0.39, 0.29) is 11.3 Å². The fourth-order valence-corrected chi connectivity index (χ4v) is 2.39. The summed E-state index contributed by atoms with van der Waals surface area (Å²) in [6.07, 6.45) is 3.58. The predicted molar refractivity (Wildman–Crippen MR) is 81.5 cm³/mol. The van der Waals surface area contributed by atoms with E-state index in [2.05, 4.69) is 14.9 Å². The first-order chi connectivity index (χ1) is 10.2. The number of nitrogens with two attached hydrogens (primary N) is 1. The van der Waals surface area contributed by atoms with Crippen LogP contribution in [0.5, 0.6) is 5.75 Å². The molecule has 1 fully saturated rings. The molecule has 0 atom stereocenters. The number of aromatic amines is 1. The van der Waals surface area contributed by atoms with Crippen molar-refractivity contribution in [3.8, 4) is 5.75 Å². The molecule has 6 nitrogen and oxygen atoms in total. The standard InChI is InChI=1S/C15H18N4O2/c1-21-13-14(17-9-18-15(13)20)19(11-6-7-11)8-10-4-2-3-5-12(10)16/h2-5,9,11H,6-8,16H2,1H3,(H,17,18,20). The van der Waals surface area contributed by atoms with Crippen LogP contribution in [0.2, 0.25) is 0 Å². The van der Waals surface area contributed by atoms with Crippen molar-refractivity contribution in [3.63, 3.8) is 0 Å². The van der Waals surface area contributed by atoms with Gasteiger partial charge in [-0.3, -0.25) is 4.79 Å². The number of methoxy groups -OCH3 is 1. The molecule has 21 heavy (non-hydrogen) atoms. The molecule has 2 aromatic rings. The smallest absolute Gasteiger partial charge is 0.295 e. The number of para-hydroxylation sites is 1. The number of anilines is 2. The third-order valence-electron chi connectivity index (χ3n) is 3.65. The van der Waals surface area contributed by atoms with Crippen LogP contribution in [0.25, 0.3) is 0 Å². The average molecular weight is 286 g/mol. The molecule has 1 saturated carbocycles. The summed E-state index contributed by atoms with van der Waals surface area (Å²) in [6, 6.07) is 8.12. The molecule has 0 radical (unpaired) electrons. The minimum Gasteiger partial charge on any atom is -0.489 e. The molecule has 6 heteroatoms. The minimum absolute atomic E-state index is 0.249. The first kappa shape index (κ1) is 13.5. The molecule has 1 aliphatic carbocycles. The molecule has 1 aliphatic rings. The molecule has 0 aliphatic heterocycles. The van der Waals surface area contributed by atoms with Crippen LogP contribution in [-0.4, -0.2) is 23.1 Å². The van der Waals surface area contributed by atoms with Crippen molar-refractivity contribution in [1.82, 2.24) is 9.97 Å². The number of H-pyrrole nitrogens is 1. The molecule has 0 spiro atoms. The topological polar surface area (TPSA) is 84.2 Å². The monoisotopic (exact) mass is 286 g/mol. The van der Waals surface area contributed by atoms with Crippen LogP contribution in [0, 0.1) is 0 Å². The highest BCUT2D eigenvalue weighted by Crippen LogP contribution is 2.35. The van der Waals surface area contributed by atoms with Gasteiger partial charge in [-0.25, -0.2) is 4.98 Å². The summed E-state index contributed by atoms with van der Waals surface area (Å²) in [5, 5.41) is 0. The van der Waals surface area contributed by atoms with Gasteiger partial charge in [0, 0.05) is 18.3 Å². The summed E-state index contributed by atoms with van der Waals surface area (Å²) >= 11 is 0. The van der Waals surface area contributed by atoms with E-state index in [1.54, 1.807) is 0 Å². The van der Waals surface area contributed by atoms with E-state index in [1.807, 2.05) is 24.3 Å². The van der Waals surface area contributed by atoms with Crippen LogP contribution in [-0.2, 0) is 6.54 Å². The highest BCUT2D eigenvalue weighted by molar-refractivity contribution is 5.55. The van der Waals surface area contributed by atoms with Gasteiger partial charge in [0.15, 0.2) is 5.82 Å². The number of nitrogens with zero attached hydrogens (tertiary/aromatic N) is 2. The minimum atomic E-state index is -0.269. The average Bonchev–Trinajstić information content (AvgIpc) is 3.31. The van der Waals surface area contributed by atoms with E-state index in [0.717, 1.165) is 24.1 Å². The fourth-order valence-electron chi connectivity index (χ4n) is 2.39. The Morgan fingerprint density at radius 3 is 2.86 bits per heavy atom. The number of nitrogens with one attached hydrogen (secondary N) is 1. The number of benzene rings is 1. The Morgan fingerprint density at radius 2 is 2.19 bits per heavy atom. The summed E-state index contributed by atoms with van der Waals surface area (Å²) in [5.74, 6) is 0.825. The molecule has 0 saturated heterocycles. The quantitative estimate of drug-likeness (QED) is 0.814. The molecule has 1 aromatic heterocycles. The van der Waals surface area contributed by atoms with Gasteiger partial charge in [-0.1, -0.05) is 18.2 Å². The molecular formula is C15H18N4O2. The Bertz CT molecular complexity index is 694. The van der Waals surface area contributed by atoms with E-state index in [9.17, 15) is 4.79 Å². The number of hydrogen-bond acceptors (Lipinski definition) is 5. The van der Waals surface area contributed by atoms with Gasteiger partial charge in [-0.15, -0.1) is 0 Å². The molecule has 0 bridgehead atoms. The van der Waals surface area contributed by atoms with E-state index >= 15 is 0 Å². The lowest BCUT2D eigenvalue weighted by atomic mass is 10.1. The lowest BCUT2D eigenvalue weighted by Gasteiger charge is -2.25. The van der Waals surface area contributed by atoms with Crippen LogP contribution < -0.4 is 20.9 Å². The summed E-state index contributed by atoms with van der Waals surface area (Å²) in [7, 11) is 1.48. The van der Waals surface area contributed by atoms with Gasteiger partial charge in [-0.05, 0) is 24.5 Å². The highest BCUT2D eigenvalue weighted by Gasteiger charge is 2.32. The zero-order chi connectivity index (χ0) is 14.8. The number of hydrogen-bond donors (Lipinski definition) is 2. The van der Waals surface area contributed by atoms with Crippen molar-refractivity contribution in [2.75, 3.05) is 17.7 Å². The van der Waals surface area contributed by atoms with Gasteiger partial charge in [0.05, 0.1) is 13.4 Å². The van der Waals surface area contributed by atoms with E-state index in [4.69, 9.17) is 10.5 Å². The van der Waals surface area contributed by atoms with E-state index < -0.39 is 0 Å². The van der Waals surface area contributed by atoms with Gasteiger partial charge in [-0.2, -0.15) is 0 Å². The van der Waals surface area contributed by atoms with Crippen LogP contribution in [0.4, 0.5) is 11.5 Å². The first-order valence-electron chi connectivity index (χ1n) is 6.92. The highest BCUT2D eigenvalue weighted by atomic mass is 16.5. The third-order valence-corrected chi connectivity index (χ3v) is 3.65. The Labute approximate surface area is 122 Å². The molecular weight excluding hydrogens is 268 g/mol. The molecule has 3 rings (SSSR count). The summed E-state index contributed by atoms with van der Waals surface area (Å²) in [6.45, 7) is 0.615. The normalized spacial score (nSPS) is 14.0. The van der Waals surface area contributed by atoms with Gasteiger partial charge in [0.25, 0.3) is 5.56 Å². The van der Waals surface area contributed by atoms with Crippen molar-refractivity contribution in [2.24, 2.45) is 0 Å².